The summed E-state index contributed by atoms with van der Waals surface area (Å²) in [6.07, 6.45) is 4.20. The third-order valence-corrected chi connectivity index (χ3v) is 7.19. The van der Waals surface area contributed by atoms with Crippen molar-refractivity contribution in [3.63, 3.8) is 0 Å². The average molecular weight is 581 g/mol. The number of aryl methyl sites for hydroxylation is 2. The molecule has 1 amide bonds. The number of aromatic nitrogens is 4. The van der Waals surface area contributed by atoms with Crippen molar-refractivity contribution in [2.24, 2.45) is 7.05 Å². The maximum atomic E-state index is 13.5. The van der Waals surface area contributed by atoms with Gasteiger partial charge in [-0.25, -0.2) is 23.1 Å². The van der Waals surface area contributed by atoms with Crippen molar-refractivity contribution in [2.75, 3.05) is 11.6 Å². The second-order valence-electron chi connectivity index (χ2n) is 9.62. The lowest BCUT2D eigenvalue weighted by Gasteiger charge is -2.20. The topological polar surface area (TPSA) is 149 Å². The van der Waals surface area contributed by atoms with Gasteiger partial charge in [-0.3, -0.25) is 14.3 Å². The van der Waals surface area contributed by atoms with Gasteiger partial charge in [-0.2, -0.15) is 5.10 Å². The zero-order valence-electron chi connectivity index (χ0n) is 22.2. The van der Waals surface area contributed by atoms with Crippen LogP contribution >= 0.6 is 11.6 Å². The molecule has 0 bridgehead atoms. The van der Waals surface area contributed by atoms with E-state index in [1.807, 2.05) is 30.7 Å². The number of pyridine rings is 2. The highest BCUT2D eigenvalue weighted by atomic mass is 35.5. The number of hydrogen-bond acceptors (Lipinski definition) is 9. The molecule has 4 heterocycles. The first-order valence-corrected chi connectivity index (χ1v) is 14.4. The molecule has 1 atom stereocenters. The summed E-state index contributed by atoms with van der Waals surface area (Å²) in [5.74, 6) is -0.550. The summed E-state index contributed by atoms with van der Waals surface area (Å²) >= 11 is 6.00. The Hall–Kier alpha value is -4.29. The number of carbonyl (C=O) groups is 1. The third kappa shape index (κ3) is 5.15. The number of benzene rings is 1. The first kappa shape index (κ1) is 27.3. The SMILES string of the molecule is Cc1cc(C(C)Nc2ccc(Cl)nc2C(=O)NS(C)(=O)=O)c2oc(-c3cnc4c(cnn4C)c3)c(C)c(=O)c2c1. The Bertz CT molecular complexity index is 2000. The van der Waals surface area contributed by atoms with Gasteiger partial charge in [0.05, 0.1) is 29.6 Å². The molecule has 0 saturated carbocycles. The maximum Gasteiger partial charge on any atom is 0.285 e. The van der Waals surface area contributed by atoms with Crippen LogP contribution in [0.4, 0.5) is 5.69 Å². The standard InChI is InChI=1S/C27H25ClN6O5S/c1-13-8-18(15(3)31-20-6-7-21(28)32-22(20)27(36)33-40(5,37)38)25-19(9-13)23(35)14(2)24(39-25)16-10-17-12-30-34(4)26(17)29-11-16/h6-12,15,31H,1-5H3,(H,33,36). The molecule has 0 radical (unpaired) electrons. The lowest BCUT2D eigenvalue weighted by molar-refractivity contribution is 0.0977. The highest BCUT2D eigenvalue weighted by molar-refractivity contribution is 7.89. The van der Waals surface area contributed by atoms with Crippen LogP contribution in [0.2, 0.25) is 5.15 Å². The smallest absolute Gasteiger partial charge is 0.285 e. The number of anilines is 1. The predicted octanol–water partition coefficient (Wildman–Crippen LogP) is 4.27. The predicted molar refractivity (Wildman–Crippen MR) is 153 cm³/mol. The van der Waals surface area contributed by atoms with Gasteiger partial charge < -0.3 is 9.73 Å². The van der Waals surface area contributed by atoms with Gasteiger partial charge in [0.2, 0.25) is 10.0 Å². The van der Waals surface area contributed by atoms with Crippen molar-refractivity contribution >= 4 is 55.2 Å². The maximum absolute atomic E-state index is 13.5. The Morgan fingerprint density at radius 1 is 1.15 bits per heavy atom. The van der Waals surface area contributed by atoms with Crippen molar-refractivity contribution in [1.29, 1.82) is 0 Å². The first-order valence-electron chi connectivity index (χ1n) is 12.1. The molecule has 0 aliphatic heterocycles. The Balaban J connectivity index is 1.63. The fraction of sp³-hybridized carbons (Fsp3) is 0.222. The highest BCUT2D eigenvalue weighted by Crippen LogP contribution is 2.33. The molecular formula is C27H25ClN6O5S. The summed E-state index contributed by atoms with van der Waals surface area (Å²) in [5.41, 5.74) is 3.48. The van der Waals surface area contributed by atoms with Crippen LogP contribution in [0, 0.1) is 13.8 Å². The zero-order valence-corrected chi connectivity index (χ0v) is 23.8. The Morgan fingerprint density at radius 2 is 1.90 bits per heavy atom. The van der Waals surface area contributed by atoms with Gasteiger partial charge in [-0.1, -0.05) is 17.7 Å². The van der Waals surface area contributed by atoms with Crippen molar-refractivity contribution in [1.82, 2.24) is 24.5 Å². The minimum Gasteiger partial charge on any atom is -0.455 e. The third-order valence-electron chi connectivity index (χ3n) is 6.42. The molecule has 0 aliphatic rings. The first-order chi connectivity index (χ1) is 18.8. The molecule has 0 spiro atoms. The average Bonchev–Trinajstić information content (AvgIpc) is 3.25. The number of rotatable bonds is 6. The highest BCUT2D eigenvalue weighted by Gasteiger charge is 2.23. The molecule has 5 rings (SSSR count). The molecular weight excluding hydrogens is 556 g/mol. The van der Waals surface area contributed by atoms with Crippen LogP contribution in [0.15, 0.2) is 51.9 Å². The molecule has 0 saturated heterocycles. The van der Waals surface area contributed by atoms with Crippen LogP contribution in [0.5, 0.6) is 0 Å². The fourth-order valence-corrected chi connectivity index (χ4v) is 5.17. The molecule has 4 aromatic heterocycles. The van der Waals surface area contributed by atoms with Crippen molar-refractivity contribution < 1.29 is 17.6 Å². The molecule has 40 heavy (non-hydrogen) atoms. The second kappa shape index (κ2) is 10.0. The minimum absolute atomic E-state index is 0.0168. The summed E-state index contributed by atoms with van der Waals surface area (Å²) in [5, 5.41) is 8.65. The van der Waals surface area contributed by atoms with E-state index in [1.54, 1.807) is 37.1 Å². The Labute approximate surface area is 234 Å². The molecule has 1 unspecified atom stereocenters. The van der Waals surface area contributed by atoms with Crippen LogP contribution in [-0.4, -0.2) is 40.3 Å². The summed E-state index contributed by atoms with van der Waals surface area (Å²) in [4.78, 5) is 34.7. The van der Waals surface area contributed by atoms with Gasteiger partial charge in [0, 0.05) is 35.3 Å². The van der Waals surface area contributed by atoms with Crippen molar-refractivity contribution in [3.05, 3.63) is 80.5 Å². The number of sulfonamides is 1. The van der Waals surface area contributed by atoms with E-state index in [0.29, 0.717) is 39.1 Å². The zero-order chi connectivity index (χ0) is 28.9. The van der Waals surface area contributed by atoms with Crippen LogP contribution < -0.4 is 15.5 Å². The summed E-state index contributed by atoms with van der Waals surface area (Å²) in [7, 11) is -2.04. The van der Waals surface area contributed by atoms with Gasteiger partial charge in [0.15, 0.2) is 16.8 Å². The summed E-state index contributed by atoms with van der Waals surface area (Å²) < 4.78 is 33.3. The minimum atomic E-state index is -3.84. The fourth-order valence-electron chi connectivity index (χ4n) is 4.58. The van der Waals surface area contributed by atoms with E-state index in [1.165, 1.54) is 12.1 Å². The summed E-state index contributed by atoms with van der Waals surface area (Å²) in [6, 6.07) is 8.02. The molecule has 0 fully saturated rings. The summed E-state index contributed by atoms with van der Waals surface area (Å²) in [6.45, 7) is 5.40. The van der Waals surface area contributed by atoms with Crippen LogP contribution in [-0.2, 0) is 17.1 Å². The number of nitrogens with zero attached hydrogens (tertiary/aromatic N) is 4. The molecule has 1 aromatic carbocycles. The van der Waals surface area contributed by atoms with Gasteiger partial charge >= 0.3 is 0 Å². The number of fused-ring (bicyclic) bond motifs is 2. The Kier molecular flexibility index (Phi) is 6.84. The molecule has 206 valence electrons. The van der Waals surface area contributed by atoms with E-state index < -0.39 is 22.0 Å². The van der Waals surface area contributed by atoms with E-state index in [-0.39, 0.29) is 22.0 Å². The van der Waals surface area contributed by atoms with E-state index in [0.717, 1.165) is 17.2 Å². The quantitative estimate of drug-likeness (QED) is 0.281. The van der Waals surface area contributed by atoms with E-state index in [4.69, 9.17) is 16.0 Å². The normalized spacial score (nSPS) is 12.6. The van der Waals surface area contributed by atoms with Crippen molar-refractivity contribution in [3.8, 4) is 11.3 Å². The lowest BCUT2D eigenvalue weighted by Crippen LogP contribution is -2.31. The van der Waals surface area contributed by atoms with Crippen molar-refractivity contribution in [2.45, 2.75) is 26.8 Å². The van der Waals surface area contributed by atoms with Gasteiger partial charge in [0.25, 0.3) is 5.91 Å². The van der Waals surface area contributed by atoms with E-state index in [2.05, 4.69) is 20.4 Å². The van der Waals surface area contributed by atoms with Gasteiger partial charge in [-0.05, 0) is 50.6 Å². The largest absolute Gasteiger partial charge is 0.455 e. The van der Waals surface area contributed by atoms with Crippen LogP contribution in [0.25, 0.3) is 33.3 Å². The van der Waals surface area contributed by atoms with E-state index >= 15 is 0 Å². The monoisotopic (exact) mass is 580 g/mol. The van der Waals surface area contributed by atoms with E-state index in [9.17, 15) is 18.0 Å². The molecule has 13 heteroatoms. The number of nitrogens with one attached hydrogen (secondary N) is 2. The van der Waals surface area contributed by atoms with Gasteiger partial charge in [-0.15, -0.1) is 0 Å². The molecule has 5 aromatic rings. The van der Waals surface area contributed by atoms with Crippen LogP contribution in [0.3, 0.4) is 0 Å². The molecule has 11 nitrogen and oxygen atoms in total. The van der Waals surface area contributed by atoms with Gasteiger partial charge in [0.1, 0.15) is 16.5 Å². The molecule has 0 aliphatic carbocycles. The second-order valence-corrected chi connectivity index (χ2v) is 11.8. The lowest BCUT2D eigenvalue weighted by atomic mass is 9.99. The Morgan fingerprint density at radius 3 is 2.62 bits per heavy atom. The molecule has 2 N–H and O–H groups in total. The number of carbonyl (C=O) groups excluding carboxylic acids is 1. The number of halogens is 1. The van der Waals surface area contributed by atoms with Crippen LogP contribution in [0.1, 0.15) is 40.1 Å². The number of hydrogen-bond donors (Lipinski definition) is 2. The number of amides is 1.